The number of nitrogens with zero attached hydrogens (tertiary/aromatic N) is 6. The predicted molar refractivity (Wildman–Crippen MR) is 96.2 cm³/mol. The minimum Gasteiger partial charge on any atom is -0.383 e. The fourth-order valence-electron chi connectivity index (χ4n) is 2.72. The van der Waals surface area contributed by atoms with Crippen LogP contribution in [0.5, 0.6) is 0 Å². The first kappa shape index (κ1) is 15.9. The van der Waals surface area contributed by atoms with E-state index < -0.39 is 5.79 Å². The Balaban J connectivity index is 1.55. The maximum Gasteiger partial charge on any atom is 0.211 e. The number of aromatic nitrogens is 5. The molecule has 3 heterocycles. The number of hydrogen-bond acceptors (Lipinski definition) is 8. The van der Waals surface area contributed by atoms with E-state index in [2.05, 4.69) is 30.4 Å². The molecule has 3 aromatic rings. The number of nitrogens with two attached hydrogens (primary N) is 2. The van der Waals surface area contributed by atoms with E-state index in [9.17, 15) is 0 Å². The van der Waals surface area contributed by atoms with E-state index in [0.717, 1.165) is 16.7 Å². The van der Waals surface area contributed by atoms with Gasteiger partial charge in [0.1, 0.15) is 24.8 Å². The van der Waals surface area contributed by atoms with E-state index in [0.29, 0.717) is 18.0 Å². The lowest BCUT2D eigenvalue weighted by Crippen LogP contribution is -2.50. The van der Waals surface area contributed by atoms with E-state index >= 15 is 0 Å². The van der Waals surface area contributed by atoms with Crippen molar-refractivity contribution in [1.29, 1.82) is 0 Å². The third-order valence-corrected chi connectivity index (χ3v) is 4.09. The molecule has 0 fully saturated rings. The summed E-state index contributed by atoms with van der Waals surface area (Å²) in [6.07, 6.45) is 9.73. The van der Waals surface area contributed by atoms with Gasteiger partial charge in [0.25, 0.3) is 0 Å². The summed E-state index contributed by atoms with van der Waals surface area (Å²) in [6.45, 7) is 0.634. The summed E-state index contributed by atoms with van der Waals surface area (Å²) in [5, 5.41) is 7.22. The van der Waals surface area contributed by atoms with Crippen LogP contribution < -0.4 is 16.8 Å². The Labute approximate surface area is 149 Å². The molecule has 1 aliphatic heterocycles. The molecule has 26 heavy (non-hydrogen) atoms. The Hall–Kier alpha value is -3.59. The molecule has 1 atom stereocenters. The summed E-state index contributed by atoms with van der Waals surface area (Å²) in [5.74, 6) is -0.803. The maximum absolute atomic E-state index is 6.42. The highest BCUT2D eigenvalue weighted by Crippen LogP contribution is 2.24. The third-order valence-electron chi connectivity index (χ3n) is 4.09. The number of aliphatic imine (C=N–C) groups is 1. The molecule has 4 rings (SSSR count). The van der Waals surface area contributed by atoms with E-state index in [4.69, 9.17) is 11.5 Å². The minimum atomic E-state index is -1.13. The third kappa shape index (κ3) is 3.03. The van der Waals surface area contributed by atoms with Crippen LogP contribution in [0.15, 0.2) is 66.8 Å². The fraction of sp³-hybridized carbons (Fsp3) is 0.118. The van der Waals surface area contributed by atoms with Gasteiger partial charge in [0.05, 0.1) is 6.54 Å². The van der Waals surface area contributed by atoms with Crippen molar-refractivity contribution >= 4 is 11.4 Å². The van der Waals surface area contributed by atoms with Crippen molar-refractivity contribution in [3.63, 3.8) is 0 Å². The van der Waals surface area contributed by atoms with Gasteiger partial charge in [0.2, 0.25) is 5.79 Å². The van der Waals surface area contributed by atoms with Crippen LogP contribution in [0.2, 0.25) is 0 Å². The Bertz CT molecular complexity index is 946. The highest BCUT2D eigenvalue weighted by molar-refractivity contribution is 6.22. The second-order valence-corrected chi connectivity index (χ2v) is 5.88. The average Bonchev–Trinajstić information content (AvgIpc) is 3.16. The summed E-state index contributed by atoms with van der Waals surface area (Å²) in [4.78, 5) is 16.4. The van der Waals surface area contributed by atoms with Gasteiger partial charge in [-0.05, 0) is 5.56 Å². The summed E-state index contributed by atoms with van der Waals surface area (Å²) >= 11 is 0. The molecule has 5 N–H and O–H groups in total. The zero-order valence-electron chi connectivity index (χ0n) is 13.8. The van der Waals surface area contributed by atoms with Gasteiger partial charge < -0.3 is 11.1 Å². The first-order valence-corrected chi connectivity index (χ1v) is 7.94. The molecule has 130 valence electrons. The summed E-state index contributed by atoms with van der Waals surface area (Å²) in [5.41, 5.74) is 15.9. The van der Waals surface area contributed by atoms with Crippen LogP contribution in [-0.2, 0) is 12.3 Å². The van der Waals surface area contributed by atoms with Crippen LogP contribution in [-0.4, -0.2) is 30.6 Å². The van der Waals surface area contributed by atoms with Gasteiger partial charge in [0.15, 0.2) is 0 Å². The number of benzene rings is 1. The molecule has 0 bridgehead atoms. The van der Waals surface area contributed by atoms with Gasteiger partial charge in [-0.15, -0.1) is 0 Å². The molecule has 1 aromatic carbocycles. The molecule has 1 aliphatic rings. The number of hydrogen-bond donors (Lipinski definition) is 3. The minimum absolute atomic E-state index is 0.327. The van der Waals surface area contributed by atoms with Gasteiger partial charge in [-0.1, -0.05) is 24.3 Å². The van der Waals surface area contributed by atoms with E-state index in [-0.39, 0.29) is 0 Å². The largest absolute Gasteiger partial charge is 0.383 e. The molecule has 2 aromatic heterocycles. The van der Waals surface area contributed by atoms with Crippen LogP contribution in [0.25, 0.3) is 5.57 Å². The van der Waals surface area contributed by atoms with E-state index in [1.807, 2.05) is 24.3 Å². The van der Waals surface area contributed by atoms with Crippen molar-refractivity contribution in [3.8, 4) is 0 Å². The average molecular weight is 347 g/mol. The topological polar surface area (TPSA) is 133 Å². The molecule has 1 unspecified atom stereocenters. The first-order valence-electron chi connectivity index (χ1n) is 7.94. The predicted octanol–water partition coefficient (Wildman–Crippen LogP) is 0.187. The van der Waals surface area contributed by atoms with Crippen LogP contribution in [0.4, 0.5) is 0 Å². The Morgan fingerprint density at radius 1 is 1.04 bits per heavy atom. The first-order chi connectivity index (χ1) is 12.6. The lowest BCUT2D eigenvalue weighted by atomic mass is 10.0. The van der Waals surface area contributed by atoms with Crippen molar-refractivity contribution in [2.75, 3.05) is 0 Å². The van der Waals surface area contributed by atoms with Crippen LogP contribution in [0, 0.1) is 0 Å². The standard InChI is InChI=1S/C17H17N9/c18-16-15(13-5-20-9-21-6-13)7-23-17(19,25-16)14-3-1-12(2-4-14)8-26-11-22-10-24-26/h1-7,9-11,23H,8,19H2,(H2,18,25). The SMILES string of the molecule is NC1=NC(N)(c2ccc(Cn3cncn3)cc2)NC=C1c1cncnc1. The molecule has 9 heteroatoms. The Morgan fingerprint density at radius 2 is 1.81 bits per heavy atom. The van der Waals surface area contributed by atoms with Gasteiger partial charge in [-0.25, -0.2) is 24.6 Å². The van der Waals surface area contributed by atoms with E-state index in [1.165, 1.54) is 12.7 Å². The highest BCUT2D eigenvalue weighted by Gasteiger charge is 2.30. The molecular formula is C17H17N9. The monoisotopic (exact) mass is 347 g/mol. The second-order valence-electron chi connectivity index (χ2n) is 5.88. The zero-order chi connectivity index (χ0) is 18.0. The fourth-order valence-corrected chi connectivity index (χ4v) is 2.72. The second kappa shape index (κ2) is 6.37. The number of rotatable bonds is 4. The summed E-state index contributed by atoms with van der Waals surface area (Å²) in [7, 11) is 0. The van der Waals surface area contributed by atoms with Gasteiger partial charge in [0, 0.05) is 35.3 Å². The summed E-state index contributed by atoms with van der Waals surface area (Å²) in [6, 6.07) is 7.79. The van der Waals surface area contributed by atoms with Crippen molar-refractivity contribution in [2.45, 2.75) is 12.3 Å². The molecule has 0 amide bonds. The van der Waals surface area contributed by atoms with Crippen molar-refractivity contribution < 1.29 is 0 Å². The smallest absolute Gasteiger partial charge is 0.211 e. The number of nitrogens with one attached hydrogen (secondary N) is 1. The zero-order valence-corrected chi connectivity index (χ0v) is 13.8. The van der Waals surface area contributed by atoms with Crippen LogP contribution >= 0.6 is 0 Å². The Morgan fingerprint density at radius 3 is 2.46 bits per heavy atom. The van der Waals surface area contributed by atoms with Crippen LogP contribution in [0.3, 0.4) is 0 Å². The lowest BCUT2D eigenvalue weighted by Gasteiger charge is -2.31. The molecule has 0 spiro atoms. The molecule has 0 saturated carbocycles. The van der Waals surface area contributed by atoms with Crippen LogP contribution in [0.1, 0.15) is 16.7 Å². The molecule has 0 saturated heterocycles. The van der Waals surface area contributed by atoms with Gasteiger partial charge in [-0.3, -0.25) is 5.73 Å². The van der Waals surface area contributed by atoms with Gasteiger partial charge >= 0.3 is 0 Å². The Kier molecular flexibility index (Phi) is 3.90. The molecule has 9 nitrogen and oxygen atoms in total. The maximum atomic E-state index is 6.42. The quantitative estimate of drug-likeness (QED) is 0.613. The van der Waals surface area contributed by atoms with Crippen molar-refractivity contribution in [1.82, 2.24) is 30.0 Å². The summed E-state index contributed by atoms with van der Waals surface area (Å²) < 4.78 is 1.75. The van der Waals surface area contributed by atoms with Gasteiger partial charge in [-0.2, -0.15) is 5.10 Å². The molecule has 0 aliphatic carbocycles. The van der Waals surface area contributed by atoms with Crippen molar-refractivity contribution in [3.05, 3.63) is 78.5 Å². The normalized spacial score (nSPS) is 19.4. The lowest BCUT2D eigenvalue weighted by molar-refractivity contribution is 0.411. The number of amidine groups is 1. The molecule has 0 radical (unpaired) electrons. The van der Waals surface area contributed by atoms with E-state index in [1.54, 1.807) is 29.6 Å². The highest BCUT2D eigenvalue weighted by atomic mass is 15.3. The molecular weight excluding hydrogens is 330 g/mol. The van der Waals surface area contributed by atoms with Crippen molar-refractivity contribution in [2.24, 2.45) is 16.5 Å².